The molecule has 0 aliphatic carbocycles. The molecule has 0 aliphatic rings. The van der Waals surface area contributed by atoms with Crippen LogP contribution in [0.25, 0.3) is 11.1 Å². The summed E-state index contributed by atoms with van der Waals surface area (Å²) in [6.45, 7) is 1.95. The molecule has 0 amide bonds. The summed E-state index contributed by atoms with van der Waals surface area (Å²) in [5, 5.41) is 3.23. The van der Waals surface area contributed by atoms with Crippen molar-refractivity contribution in [1.29, 1.82) is 0 Å². The van der Waals surface area contributed by atoms with Gasteiger partial charge in [-0.25, -0.2) is 4.98 Å². The second kappa shape index (κ2) is 9.02. The van der Waals surface area contributed by atoms with E-state index >= 15 is 0 Å². The third kappa shape index (κ3) is 4.92. The lowest BCUT2D eigenvalue weighted by molar-refractivity contribution is 0.486. The molecule has 6 heteroatoms. The van der Waals surface area contributed by atoms with Gasteiger partial charge in [-0.1, -0.05) is 78.9 Å². The van der Waals surface area contributed by atoms with Gasteiger partial charge in [0.25, 0.3) is 0 Å². The second-order valence-corrected chi connectivity index (χ2v) is 8.58. The van der Waals surface area contributed by atoms with E-state index in [9.17, 15) is 8.42 Å². The Hall–Kier alpha value is -3.64. The van der Waals surface area contributed by atoms with Gasteiger partial charge in [0.05, 0.1) is 0 Å². The summed E-state index contributed by atoms with van der Waals surface area (Å²) >= 11 is 0. The number of nitrogens with zero attached hydrogens (tertiary/aromatic N) is 1. The number of aromatic nitrogens is 1. The molecule has 3 aromatic carbocycles. The molecule has 0 radical (unpaired) electrons. The summed E-state index contributed by atoms with van der Waals surface area (Å²) in [4.78, 5) is 4.44. The molecule has 0 aliphatic heterocycles. The molecule has 0 fully saturated rings. The number of anilines is 1. The van der Waals surface area contributed by atoms with E-state index in [1.807, 2.05) is 67.6 Å². The lowest BCUT2D eigenvalue weighted by Crippen LogP contribution is -2.16. The van der Waals surface area contributed by atoms with Gasteiger partial charge in [0.15, 0.2) is 0 Å². The van der Waals surface area contributed by atoms with Crippen LogP contribution in [0.15, 0.2) is 108 Å². The fourth-order valence-corrected chi connectivity index (χ4v) is 4.28. The first-order valence-electron chi connectivity index (χ1n) is 9.89. The van der Waals surface area contributed by atoms with Crippen LogP contribution < -0.4 is 9.50 Å². The Morgan fingerprint density at radius 1 is 0.806 bits per heavy atom. The zero-order chi connectivity index (χ0) is 21.7. The predicted octanol–water partition coefficient (Wildman–Crippen LogP) is 5.69. The summed E-state index contributed by atoms with van der Waals surface area (Å²) in [5.41, 5.74) is 2.58. The summed E-state index contributed by atoms with van der Waals surface area (Å²) in [7, 11) is -4.13. The predicted molar refractivity (Wildman–Crippen MR) is 122 cm³/mol. The molecule has 1 N–H and O–H groups in total. The molecule has 1 heterocycles. The molecule has 1 unspecified atom stereocenters. The minimum Gasteiger partial charge on any atom is -0.379 e. The Morgan fingerprint density at radius 3 is 2.03 bits per heavy atom. The van der Waals surface area contributed by atoms with Crippen LogP contribution in [-0.2, 0) is 10.1 Å². The highest BCUT2D eigenvalue weighted by molar-refractivity contribution is 7.87. The molecule has 156 valence electrons. The van der Waals surface area contributed by atoms with Crippen molar-refractivity contribution in [2.24, 2.45) is 0 Å². The molecule has 4 rings (SSSR count). The largest absolute Gasteiger partial charge is 0.379 e. The first-order chi connectivity index (χ1) is 15.0. The quantitative estimate of drug-likeness (QED) is 0.382. The highest BCUT2D eigenvalue weighted by Gasteiger charge is 2.24. The average Bonchev–Trinajstić information content (AvgIpc) is 2.81. The molecule has 5 nitrogen and oxygen atoms in total. The maximum Gasteiger partial charge on any atom is 0.342 e. The number of para-hydroxylation sites is 1. The van der Waals surface area contributed by atoms with Crippen LogP contribution in [0, 0.1) is 0 Å². The van der Waals surface area contributed by atoms with Gasteiger partial charge in [-0.05, 0) is 36.2 Å². The van der Waals surface area contributed by atoms with Gasteiger partial charge >= 0.3 is 10.1 Å². The van der Waals surface area contributed by atoms with Crippen molar-refractivity contribution >= 4 is 15.9 Å². The summed E-state index contributed by atoms with van der Waals surface area (Å²) in [6.07, 6.45) is 1.66. The summed E-state index contributed by atoms with van der Waals surface area (Å²) < 4.78 is 31.8. The van der Waals surface area contributed by atoms with Crippen LogP contribution in [-0.4, -0.2) is 13.4 Å². The zero-order valence-corrected chi connectivity index (χ0v) is 17.8. The molecule has 0 spiro atoms. The highest BCUT2D eigenvalue weighted by atomic mass is 32.2. The Bertz CT molecular complexity index is 1250. The van der Waals surface area contributed by atoms with E-state index in [0.29, 0.717) is 5.56 Å². The SMILES string of the molecule is CC(Nc1ncc(-c2ccccc2)cc1S(=O)(=O)Oc1ccccc1)c1ccccc1. The Labute approximate surface area is 182 Å². The molecule has 4 aromatic rings. The second-order valence-electron chi connectivity index (χ2n) is 7.06. The monoisotopic (exact) mass is 430 g/mol. The normalized spacial score (nSPS) is 12.2. The number of pyridine rings is 1. The molecule has 1 atom stereocenters. The zero-order valence-electron chi connectivity index (χ0n) is 17.0. The first kappa shape index (κ1) is 20.6. The van der Waals surface area contributed by atoms with E-state index in [-0.39, 0.29) is 22.5 Å². The minimum atomic E-state index is -4.13. The summed E-state index contributed by atoms with van der Waals surface area (Å²) in [6, 6.07) is 29.2. The van der Waals surface area contributed by atoms with Crippen LogP contribution in [0.5, 0.6) is 5.75 Å². The Kier molecular flexibility index (Phi) is 6.00. The van der Waals surface area contributed by atoms with Crippen molar-refractivity contribution in [3.05, 3.63) is 109 Å². The van der Waals surface area contributed by atoms with Crippen LogP contribution in [0.2, 0.25) is 0 Å². The number of hydrogen-bond acceptors (Lipinski definition) is 5. The molecule has 0 saturated carbocycles. The molecule has 1 aromatic heterocycles. The van der Waals surface area contributed by atoms with Gasteiger partial charge in [0, 0.05) is 17.8 Å². The van der Waals surface area contributed by atoms with E-state index in [2.05, 4.69) is 10.3 Å². The van der Waals surface area contributed by atoms with Gasteiger partial charge in [-0.2, -0.15) is 8.42 Å². The van der Waals surface area contributed by atoms with Gasteiger partial charge in [-0.15, -0.1) is 0 Å². The molecular weight excluding hydrogens is 408 g/mol. The van der Waals surface area contributed by atoms with E-state index in [1.165, 1.54) is 0 Å². The fraction of sp³-hybridized carbons (Fsp3) is 0.0800. The Balaban J connectivity index is 1.75. The van der Waals surface area contributed by atoms with Gasteiger partial charge < -0.3 is 9.50 Å². The van der Waals surface area contributed by atoms with Gasteiger partial charge in [0.2, 0.25) is 0 Å². The maximum absolute atomic E-state index is 13.2. The van der Waals surface area contributed by atoms with Crippen molar-refractivity contribution in [3.8, 4) is 16.9 Å². The number of benzene rings is 3. The third-order valence-corrected chi connectivity index (χ3v) is 6.09. The number of rotatable bonds is 7. The first-order valence-corrected chi connectivity index (χ1v) is 11.3. The summed E-state index contributed by atoms with van der Waals surface area (Å²) in [5.74, 6) is 0.488. The van der Waals surface area contributed by atoms with Crippen LogP contribution in [0.1, 0.15) is 18.5 Å². The van der Waals surface area contributed by atoms with E-state index in [0.717, 1.165) is 11.1 Å². The molecular formula is C25H22N2O3S. The van der Waals surface area contributed by atoms with E-state index in [1.54, 1.807) is 42.6 Å². The lowest BCUT2D eigenvalue weighted by atomic mass is 10.1. The van der Waals surface area contributed by atoms with Gasteiger partial charge in [0.1, 0.15) is 16.5 Å². The maximum atomic E-state index is 13.2. The smallest absolute Gasteiger partial charge is 0.342 e. The van der Waals surface area contributed by atoms with Crippen LogP contribution in [0.3, 0.4) is 0 Å². The van der Waals surface area contributed by atoms with Crippen molar-refractivity contribution in [3.63, 3.8) is 0 Å². The third-order valence-electron chi connectivity index (χ3n) is 4.83. The average molecular weight is 431 g/mol. The number of nitrogens with one attached hydrogen (secondary N) is 1. The van der Waals surface area contributed by atoms with Crippen molar-refractivity contribution < 1.29 is 12.6 Å². The molecule has 0 saturated heterocycles. The molecule has 31 heavy (non-hydrogen) atoms. The van der Waals surface area contributed by atoms with Crippen LogP contribution in [0.4, 0.5) is 5.82 Å². The number of hydrogen-bond donors (Lipinski definition) is 1. The Morgan fingerprint density at radius 2 is 1.39 bits per heavy atom. The van der Waals surface area contributed by atoms with Crippen molar-refractivity contribution in [2.45, 2.75) is 17.9 Å². The van der Waals surface area contributed by atoms with E-state index in [4.69, 9.17) is 4.18 Å². The minimum absolute atomic E-state index is 0.0134. The fourth-order valence-electron chi connectivity index (χ4n) is 3.21. The molecule has 0 bridgehead atoms. The van der Waals surface area contributed by atoms with Crippen LogP contribution >= 0.6 is 0 Å². The van der Waals surface area contributed by atoms with E-state index < -0.39 is 10.1 Å². The standard InChI is InChI=1S/C25H22N2O3S/c1-19(20-11-5-2-6-12-20)27-25-24(31(28,29)30-23-15-9-4-10-16-23)17-22(18-26-25)21-13-7-3-8-14-21/h2-19H,1H3,(H,26,27). The highest BCUT2D eigenvalue weighted by Crippen LogP contribution is 2.30. The van der Waals surface area contributed by atoms with Crippen molar-refractivity contribution in [2.75, 3.05) is 5.32 Å². The lowest BCUT2D eigenvalue weighted by Gasteiger charge is -2.18. The van der Waals surface area contributed by atoms with Crippen molar-refractivity contribution in [1.82, 2.24) is 4.98 Å². The van der Waals surface area contributed by atoms with Gasteiger partial charge in [-0.3, -0.25) is 0 Å². The topological polar surface area (TPSA) is 68.3 Å².